The molecule has 0 radical (unpaired) electrons. The van der Waals surface area contributed by atoms with Gasteiger partial charge >= 0.3 is 5.97 Å². The number of hydrogen-bond acceptors (Lipinski definition) is 6. The second-order valence-corrected chi connectivity index (χ2v) is 6.77. The zero-order chi connectivity index (χ0) is 16.1. The molecule has 0 aliphatic carbocycles. The number of ether oxygens (including phenoxy) is 1. The molecule has 0 aliphatic heterocycles. The number of carbonyl (C=O) groups excluding carboxylic acids is 2. The van der Waals surface area contributed by atoms with Gasteiger partial charge in [0.2, 0.25) is 0 Å². The molecule has 0 bridgehead atoms. The summed E-state index contributed by atoms with van der Waals surface area (Å²) >= 11 is 3.10. The molecule has 1 amide bonds. The van der Waals surface area contributed by atoms with Crippen molar-refractivity contribution in [3.8, 4) is 10.6 Å². The highest BCUT2D eigenvalue weighted by atomic mass is 32.1. The van der Waals surface area contributed by atoms with E-state index >= 15 is 0 Å². The Kier molecular flexibility index (Phi) is 5.68. The van der Waals surface area contributed by atoms with Gasteiger partial charge in [0, 0.05) is 22.4 Å². The van der Waals surface area contributed by atoms with Gasteiger partial charge in [0.15, 0.2) is 6.10 Å². The first kappa shape index (κ1) is 16.6. The Labute approximate surface area is 137 Å². The topological polar surface area (TPSA) is 68.3 Å². The molecule has 7 heteroatoms. The fourth-order valence-corrected chi connectivity index (χ4v) is 3.28. The molecule has 2 heterocycles. The predicted octanol–water partition coefficient (Wildman–Crippen LogP) is 2.87. The second-order valence-electron chi connectivity index (χ2n) is 5.13. The van der Waals surface area contributed by atoms with Gasteiger partial charge in [-0.15, -0.1) is 11.3 Å². The summed E-state index contributed by atoms with van der Waals surface area (Å²) in [6.07, 6.45) is -0.732. The average Bonchev–Trinajstić information content (AvgIpc) is 3.07. The van der Waals surface area contributed by atoms with E-state index in [0.717, 1.165) is 10.6 Å². The largest absolute Gasteiger partial charge is 0.452 e. The standard InChI is InChI=1S/C15H18N2O3S2/c1-9(2)16-14(19)10(3)20-13(18)6-12-8-22-15(17-12)11-4-5-21-7-11/h4-5,7-10H,6H2,1-3H3,(H,16,19)/t10-/m1/s1. The second kappa shape index (κ2) is 7.51. The number of rotatable bonds is 6. The molecule has 0 saturated heterocycles. The van der Waals surface area contributed by atoms with E-state index in [0.29, 0.717) is 5.69 Å². The molecule has 2 aromatic rings. The minimum absolute atomic E-state index is 0.0142. The van der Waals surface area contributed by atoms with Crippen molar-refractivity contribution in [1.82, 2.24) is 10.3 Å². The van der Waals surface area contributed by atoms with Gasteiger partial charge < -0.3 is 10.1 Å². The molecule has 0 aliphatic rings. The van der Waals surface area contributed by atoms with Crippen molar-refractivity contribution in [2.75, 3.05) is 0 Å². The van der Waals surface area contributed by atoms with E-state index in [1.165, 1.54) is 11.3 Å². The van der Waals surface area contributed by atoms with E-state index in [9.17, 15) is 9.59 Å². The van der Waals surface area contributed by atoms with Gasteiger partial charge in [0.05, 0.1) is 12.1 Å². The fraction of sp³-hybridized carbons (Fsp3) is 0.400. The Morgan fingerprint density at radius 3 is 2.73 bits per heavy atom. The van der Waals surface area contributed by atoms with Crippen LogP contribution in [0.2, 0.25) is 0 Å². The van der Waals surface area contributed by atoms with Crippen LogP contribution in [0.5, 0.6) is 0 Å². The van der Waals surface area contributed by atoms with Gasteiger partial charge in [0.1, 0.15) is 5.01 Å². The van der Waals surface area contributed by atoms with Gasteiger partial charge in [-0.3, -0.25) is 9.59 Å². The van der Waals surface area contributed by atoms with Gasteiger partial charge in [-0.25, -0.2) is 4.98 Å². The highest BCUT2D eigenvalue weighted by Gasteiger charge is 2.19. The lowest BCUT2D eigenvalue weighted by atomic mass is 10.3. The monoisotopic (exact) mass is 338 g/mol. The minimum atomic E-state index is -0.801. The zero-order valence-corrected chi connectivity index (χ0v) is 14.3. The quantitative estimate of drug-likeness (QED) is 0.822. The molecular weight excluding hydrogens is 320 g/mol. The number of nitrogens with one attached hydrogen (secondary N) is 1. The number of hydrogen-bond donors (Lipinski definition) is 1. The smallest absolute Gasteiger partial charge is 0.312 e. The van der Waals surface area contributed by atoms with E-state index in [-0.39, 0.29) is 18.4 Å². The molecule has 22 heavy (non-hydrogen) atoms. The highest BCUT2D eigenvalue weighted by Crippen LogP contribution is 2.25. The van der Waals surface area contributed by atoms with Crippen molar-refractivity contribution in [1.29, 1.82) is 0 Å². The molecule has 0 spiro atoms. The molecule has 5 nitrogen and oxygen atoms in total. The maximum absolute atomic E-state index is 11.9. The summed E-state index contributed by atoms with van der Waals surface area (Å²) in [6, 6.07) is 2.00. The van der Waals surface area contributed by atoms with Crippen LogP contribution in [0.15, 0.2) is 22.2 Å². The van der Waals surface area contributed by atoms with Crippen molar-refractivity contribution >= 4 is 34.6 Å². The van der Waals surface area contributed by atoms with Crippen LogP contribution in [0.1, 0.15) is 26.5 Å². The van der Waals surface area contributed by atoms with E-state index in [1.54, 1.807) is 18.3 Å². The zero-order valence-electron chi connectivity index (χ0n) is 12.7. The summed E-state index contributed by atoms with van der Waals surface area (Å²) < 4.78 is 5.13. The van der Waals surface area contributed by atoms with Crippen molar-refractivity contribution in [2.24, 2.45) is 0 Å². The molecule has 118 valence electrons. The Hall–Kier alpha value is -1.73. The third-order valence-corrected chi connectivity index (χ3v) is 4.38. The summed E-state index contributed by atoms with van der Waals surface area (Å²) in [5.41, 5.74) is 1.71. The molecule has 0 unspecified atom stereocenters. The van der Waals surface area contributed by atoms with Crippen LogP contribution >= 0.6 is 22.7 Å². The van der Waals surface area contributed by atoms with Crippen LogP contribution < -0.4 is 5.32 Å². The SMILES string of the molecule is CC(C)NC(=O)[C@@H](C)OC(=O)Cc1csc(-c2ccsc2)n1. The Bertz CT molecular complexity index is 635. The molecule has 0 aromatic carbocycles. The average molecular weight is 338 g/mol. The van der Waals surface area contributed by atoms with E-state index < -0.39 is 12.1 Å². The van der Waals surface area contributed by atoms with Crippen molar-refractivity contribution in [3.63, 3.8) is 0 Å². The number of carbonyl (C=O) groups is 2. The van der Waals surface area contributed by atoms with Crippen LogP contribution in [-0.4, -0.2) is 29.0 Å². The first-order valence-electron chi connectivity index (χ1n) is 6.92. The van der Waals surface area contributed by atoms with E-state index in [4.69, 9.17) is 4.74 Å². The van der Waals surface area contributed by atoms with Crippen LogP contribution in [0.4, 0.5) is 0 Å². The Morgan fingerprint density at radius 1 is 1.32 bits per heavy atom. The lowest BCUT2D eigenvalue weighted by molar-refractivity contribution is -0.154. The van der Waals surface area contributed by atoms with Crippen molar-refractivity contribution in [2.45, 2.75) is 39.3 Å². The first-order chi connectivity index (χ1) is 10.5. The highest BCUT2D eigenvalue weighted by molar-refractivity contribution is 7.14. The predicted molar refractivity (Wildman–Crippen MR) is 88.0 cm³/mol. The number of nitrogens with zero attached hydrogens (tertiary/aromatic N) is 1. The van der Waals surface area contributed by atoms with Crippen molar-refractivity contribution < 1.29 is 14.3 Å². The van der Waals surface area contributed by atoms with Crippen molar-refractivity contribution in [3.05, 3.63) is 27.9 Å². The summed E-state index contributed by atoms with van der Waals surface area (Å²) in [5, 5.41) is 9.43. The number of amides is 1. The maximum Gasteiger partial charge on any atom is 0.312 e. The van der Waals surface area contributed by atoms with Crippen LogP contribution in [0, 0.1) is 0 Å². The first-order valence-corrected chi connectivity index (χ1v) is 8.74. The normalized spacial score (nSPS) is 12.2. The van der Waals surface area contributed by atoms with Crippen LogP contribution in [0.3, 0.4) is 0 Å². The van der Waals surface area contributed by atoms with Crippen LogP contribution in [-0.2, 0) is 20.7 Å². The molecule has 0 saturated carbocycles. The summed E-state index contributed by atoms with van der Waals surface area (Å²) in [7, 11) is 0. The minimum Gasteiger partial charge on any atom is -0.452 e. The summed E-state index contributed by atoms with van der Waals surface area (Å²) in [4.78, 5) is 28.0. The van der Waals surface area contributed by atoms with Crippen LogP contribution in [0.25, 0.3) is 10.6 Å². The lowest BCUT2D eigenvalue weighted by Crippen LogP contribution is -2.39. The molecule has 2 rings (SSSR count). The molecule has 1 N–H and O–H groups in total. The number of thiophene rings is 1. The van der Waals surface area contributed by atoms with Gasteiger partial charge in [-0.1, -0.05) is 0 Å². The fourth-order valence-electron chi connectivity index (χ4n) is 1.75. The molecule has 1 atom stereocenters. The molecular formula is C15H18N2O3S2. The third kappa shape index (κ3) is 4.64. The lowest BCUT2D eigenvalue weighted by Gasteiger charge is -2.14. The summed E-state index contributed by atoms with van der Waals surface area (Å²) in [5.74, 6) is -0.742. The number of aromatic nitrogens is 1. The van der Waals surface area contributed by atoms with Gasteiger partial charge in [0.25, 0.3) is 5.91 Å². The summed E-state index contributed by atoms with van der Waals surface area (Å²) in [6.45, 7) is 5.27. The van der Waals surface area contributed by atoms with E-state index in [2.05, 4.69) is 10.3 Å². The maximum atomic E-state index is 11.9. The molecule has 2 aromatic heterocycles. The third-order valence-electron chi connectivity index (χ3n) is 2.75. The van der Waals surface area contributed by atoms with Gasteiger partial charge in [-0.05, 0) is 32.2 Å². The number of esters is 1. The Morgan fingerprint density at radius 2 is 2.09 bits per heavy atom. The van der Waals surface area contributed by atoms with E-state index in [1.807, 2.05) is 36.1 Å². The Balaban J connectivity index is 1.88. The number of thiazole rings is 1. The molecule has 0 fully saturated rings. The van der Waals surface area contributed by atoms with Gasteiger partial charge in [-0.2, -0.15) is 11.3 Å².